The van der Waals surface area contributed by atoms with Gasteiger partial charge in [0.25, 0.3) is 0 Å². The van der Waals surface area contributed by atoms with Gasteiger partial charge in [-0.15, -0.1) is 22.7 Å². The third-order valence-electron chi connectivity index (χ3n) is 2.63. The molecule has 2 heterocycles. The molecule has 0 radical (unpaired) electrons. The van der Waals surface area contributed by atoms with E-state index in [1.54, 1.807) is 22.7 Å². The Morgan fingerprint density at radius 2 is 2.37 bits per heavy atom. The number of carbonyl (C=O) groups excluding carboxylic acids is 1. The lowest BCUT2D eigenvalue weighted by molar-refractivity contribution is -0.120. The van der Waals surface area contributed by atoms with Crippen molar-refractivity contribution >= 4 is 28.6 Å². The summed E-state index contributed by atoms with van der Waals surface area (Å²) in [6.07, 6.45) is 0.429. The molecular formula is C13H16N2O2S2. The monoisotopic (exact) mass is 296 g/mol. The van der Waals surface area contributed by atoms with Crippen LogP contribution in [0, 0.1) is 0 Å². The van der Waals surface area contributed by atoms with Gasteiger partial charge in [-0.05, 0) is 17.9 Å². The Kier molecular flexibility index (Phi) is 5.07. The normalized spacial score (nSPS) is 12.3. The third-order valence-corrected chi connectivity index (χ3v) is 4.56. The van der Waals surface area contributed by atoms with Crippen LogP contribution in [0.5, 0.6) is 0 Å². The van der Waals surface area contributed by atoms with Crippen molar-refractivity contribution in [2.24, 2.45) is 0 Å². The van der Waals surface area contributed by atoms with Crippen LogP contribution in [0.25, 0.3) is 9.88 Å². The molecule has 1 amide bonds. The van der Waals surface area contributed by atoms with E-state index in [0.29, 0.717) is 13.0 Å². The van der Waals surface area contributed by atoms with Crippen LogP contribution in [-0.2, 0) is 11.2 Å². The van der Waals surface area contributed by atoms with E-state index in [1.807, 2.05) is 29.8 Å². The third kappa shape index (κ3) is 4.12. The molecule has 0 saturated carbocycles. The standard InChI is InChI=1S/C13H16N2O2S2/c1-2-10(16)7-14-12(17)6-9-8-19-13(15-9)11-4-3-5-18-11/h3-5,8,10,16H,2,6-7H2,1H3,(H,14,17). The molecule has 6 heteroatoms. The molecule has 0 aliphatic heterocycles. The second kappa shape index (κ2) is 6.79. The molecule has 2 N–H and O–H groups in total. The van der Waals surface area contributed by atoms with Crippen LogP contribution >= 0.6 is 22.7 Å². The highest BCUT2D eigenvalue weighted by Crippen LogP contribution is 2.27. The van der Waals surface area contributed by atoms with E-state index >= 15 is 0 Å². The number of aliphatic hydroxyl groups excluding tert-OH is 1. The first kappa shape index (κ1) is 14.2. The molecule has 0 saturated heterocycles. The van der Waals surface area contributed by atoms with Gasteiger partial charge in [0.15, 0.2) is 0 Å². The van der Waals surface area contributed by atoms with Crippen LogP contribution < -0.4 is 5.32 Å². The summed E-state index contributed by atoms with van der Waals surface area (Å²) in [7, 11) is 0. The van der Waals surface area contributed by atoms with Crippen LogP contribution in [0.3, 0.4) is 0 Å². The molecule has 0 fully saturated rings. The largest absolute Gasteiger partial charge is 0.391 e. The van der Waals surface area contributed by atoms with Crippen LogP contribution in [-0.4, -0.2) is 28.6 Å². The van der Waals surface area contributed by atoms with Crippen molar-refractivity contribution in [2.45, 2.75) is 25.9 Å². The number of rotatable bonds is 6. The second-order valence-corrected chi connectivity index (χ2v) is 5.97. The van der Waals surface area contributed by atoms with Crippen LogP contribution in [0.4, 0.5) is 0 Å². The van der Waals surface area contributed by atoms with Gasteiger partial charge < -0.3 is 10.4 Å². The van der Waals surface area contributed by atoms with Crippen LogP contribution in [0.1, 0.15) is 19.0 Å². The van der Waals surface area contributed by atoms with Gasteiger partial charge in [0.1, 0.15) is 5.01 Å². The zero-order chi connectivity index (χ0) is 13.7. The second-order valence-electron chi connectivity index (χ2n) is 4.16. The summed E-state index contributed by atoms with van der Waals surface area (Å²) in [5.41, 5.74) is 0.775. The number of thiazole rings is 1. The first-order chi connectivity index (χ1) is 9.19. The minimum absolute atomic E-state index is 0.101. The fraction of sp³-hybridized carbons (Fsp3) is 0.385. The molecule has 0 aromatic carbocycles. The topological polar surface area (TPSA) is 62.2 Å². The Bertz CT molecular complexity index is 522. The minimum atomic E-state index is -0.471. The highest BCUT2D eigenvalue weighted by Gasteiger charge is 2.10. The SMILES string of the molecule is CCC(O)CNC(=O)Cc1csc(-c2cccs2)n1. The fourth-order valence-electron chi connectivity index (χ4n) is 1.50. The van der Waals surface area contributed by atoms with Crippen LogP contribution in [0.2, 0.25) is 0 Å². The molecule has 102 valence electrons. The summed E-state index contributed by atoms with van der Waals surface area (Å²) >= 11 is 3.19. The average Bonchev–Trinajstić information content (AvgIpc) is 3.06. The highest BCUT2D eigenvalue weighted by atomic mass is 32.1. The number of carbonyl (C=O) groups is 1. The molecule has 2 aromatic heterocycles. The maximum atomic E-state index is 11.7. The lowest BCUT2D eigenvalue weighted by atomic mass is 10.2. The van der Waals surface area contributed by atoms with Crippen molar-refractivity contribution in [1.82, 2.24) is 10.3 Å². The van der Waals surface area contributed by atoms with Gasteiger partial charge in [-0.25, -0.2) is 4.98 Å². The Hall–Kier alpha value is -1.24. The van der Waals surface area contributed by atoms with Gasteiger partial charge >= 0.3 is 0 Å². The molecule has 2 aromatic rings. The van der Waals surface area contributed by atoms with Gasteiger partial charge in [0, 0.05) is 11.9 Å². The Morgan fingerprint density at radius 3 is 3.05 bits per heavy atom. The maximum absolute atomic E-state index is 11.7. The predicted molar refractivity (Wildman–Crippen MR) is 78.4 cm³/mol. The van der Waals surface area contributed by atoms with Crippen molar-refractivity contribution in [3.63, 3.8) is 0 Å². The van der Waals surface area contributed by atoms with Gasteiger partial charge in [-0.3, -0.25) is 4.79 Å². The molecule has 19 heavy (non-hydrogen) atoms. The number of nitrogens with zero attached hydrogens (tertiary/aromatic N) is 1. The van der Waals surface area contributed by atoms with E-state index in [-0.39, 0.29) is 12.3 Å². The van der Waals surface area contributed by atoms with Crippen molar-refractivity contribution in [1.29, 1.82) is 0 Å². The Morgan fingerprint density at radius 1 is 1.53 bits per heavy atom. The fourth-order valence-corrected chi connectivity index (χ4v) is 3.14. The first-order valence-corrected chi connectivity index (χ1v) is 7.88. The van der Waals surface area contributed by atoms with Gasteiger partial charge in [-0.1, -0.05) is 13.0 Å². The van der Waals surface area contributed by atoms with Gasteiger partial charge in [-0.2, -0.15) is 0 Å². The predicted octanol–water partition coefficient (Wildman–Crippen LogP) is 2.30. The Balaban J connectivity index is 1.88. The molecule has 0 aliphatic rings. The summed E-state index contributed by atoms with van der Waals surface area (Å²) in [5.74, 6) is -0.101. The molecule has 1 unspecified atom stereocenters. The average molecular weight is 296 g/mol. The number of aliphatic hydroxyl groups is 1. The molecule has 2 rings (SSSR count). The molecular weight excluding hydrogens is 280 g/mol. The lowest BCUT2D eigenvalue weighted by Crippen LogP contribution is -2.32. The smallest absolute Gasteiger partial charge is 0.226 e. The first-order valence-electron chi connectivity index (χ1n) is 6.12. The number of nitrogens with one attached hydrogen (secondary N) is 1. The summed E-state index contributed by atoms with van der Waals surface area (Å²) in [6, 6.07) is 4.00. The van der Waals surface area contributed by atoms with E-state index in [0.717, 1.165) is 15.6 Å². The van der Waals surface area contributed by atoms with Crippen molar-refractivity contribution in [3.8, 4) is 9.88 Å². The maximum Gasteiger partial charge on any atom is 0.226 e. The number of aromatic nitrogens is 1. The zero-order valence-corrected chi connectivity index (χ0v) is 12.3. The molecule has 0 spiro atoms. The van der Waals surface area contributed by atoms with Crippen molar-refractivity contribution < 1.29 is 9.90 Å². The van der Waals surface area contributed by atoms with E-state index in [4.69, 9.17) is 0 Å². The van der Waals surface area contributed by atoms with E-state index in [1.165, 1.54) is 0 Å². The van der Waals surface area contributed by atoms with E-state index in [2.05, 4.69) is 10.3 Å². The highest BCUT2D eigenvalue weighted by molar-refractivity contribution is 7.20. The number of thiophene rings is 1. The quantitative estimate of drug-likeness (QED) is 0.860. The lowest BCUT2D eigenvalue weighted by Gasteiger charge is -2.08. The van der Waals surface area contributed by atoms with Crippen molar-refractivity contribution in [3.05, 3.63) is 28.6 Å². The van der Waals surface area contributed by atoms with Crippen molar-refractivity contribution in [2.75, 3.05) is 6.54 Å². The zero-order valence-electron chi connectivity index (χ0n) is 10.6. The van der Waals surface area contributed by atoms with E-state index < -0.39 is 6.10 Å². The van der Waals surface area contributed by atoms with Crippen LogP contribution in [0.15, 0.2) is 22.9 Å². The number of hydrogen-bond donors (Lipinski definition) is 2. The molecule has 1 atom stereocenters. The molecule has 0 bridgehead atoms. The minimum Gasteiger partial charge on any atom is -0.391 e. The van der Waals surface area contributed by atoms with Gasteiger partial charge in [0.2, 0.25) is 5.91 Å². The number of amides is 1. The van der Waals surface area contributed by atoms with E-state index in [9.17, 15) is 9.90 Å². The van der Waals surface area contributed by atoms with Gasteiger partial charge in [0.05, 0.1) is 23.1 Å². The summed E-state index contributed by atoms with van der Waals surface area (Å²) in [4.78, 5) is 17.2. The summed E-state index contributed by atoms with van der Waals surface area (Å²) in [5, 5.41) is 16.9. The summed E-state index contributed by atoms with van der Waals surface area (Å²) < 4.78 is 0. The molecule has 4 nitrogen and oxygen atoms in total. The number of hydrogen-bond acceptors (Lipinski definition) is 5. The Labute approximate surface area is 120 Å². The molecule has 0 aliphatic carbocycles. The summed E-state index contributed by atoms with van der Waals surface area (Å²) in [6.45, 7) is 2.18.